The average molecular weight is 311 g/mol. The predicted octanol–water partition coefficient (Wildman–Crippen LogP) is 1.82. The first-order valence-electron chi connectivity index (χ1n) is 7.62. The van der Waals surface area contributed by atoms with Gasteiger partial charge in [-0.15, -0.1) is 0 Å². The van der Waals surface area contributed by atoms with Crippen LogP contribution in [0.15, 0.2) is 29.2 Å². The van der Waals surface area contributed by atoms with Gasteiger partial charge in [0.05, 0.1) is 5.69 Å². The predicted molar refractivity (Wildman–Crippen MR) is 85.7 cm³/mol. The lowest BCUT2D eigenvalue weighted by Crippen LogP contribution is -2.39. The lowest BCUT2D eigenvalue weighted by Gasteiger charge is -2.37. The molecule has 0 aromatic heterocycles. The van der Waals surface area contributed by atoms with E-state index in [1.165, 1.54) is 19.3 Å². The van der Waals surface area contributed by atoms with Crippen molar-refractivity contribution in [2.45, 2.75) is 49.5 Å². The maximum absolute atomic E-state index is 11.8. The van der Waals surface area contributed by atoms with E-state index < -0.39 is 10.0 Å². The van der Waals surface area contributed by atoms with Crippen LogP contribution in [-0.4, -0.2) is 27.5 Å². The van der Waals surface area contributed by atoms with Crippen molar-refractivity contribution in [1.82, 2.24) is 0 Å². The second kappa shape index (κ2) is 7.24. The summed E-state index contributed by atoms with van der Waals surface area (Å²) in [4.78, 5) is 2.42. The van der Waals surface area contributed by atoms with Gasteiger partial charge in [-0.3, -0.25) is 0 Å². The number of anilines is 1. The topological polar surface area (TPSA) is 89.4 Å². The van der Waals surface area contributed by atoms with Gasteiger partial charge < -0.3 is 10.6 Å². The Hall–Kier alpha value is -1.11. The summed E-state index contributed by atoms with van der Waals surface area (Å²) in [5.74, 6) is 0. The van der Waals surface area contributed by atoms with Crippen LogP contribution in [-0.2, 0) is 10.0 Å². The molecule has 0 heterocycles. The van der Waals surface area contributed by atoms with E-state index >= 15 is 0 Å². The molecule has 1 aliphatic carbocycles. The molecule has 1 aromatic carbocycles. The Kier molecular flexibility index (Phi) is 5.61. The van der Waals surface area contributed by atoms with Crippen molar-refractivity contribution in [2.75, 3.05) is 18.0 Å². The van der Waals surface area contributed by atoms with E-state index in [0.29, 0.717) is 12.6 Å². The van der Waals surface area contributed by atoms with Gasteiger partial charge in [0.25, 0.3) is 0 Å². The molecule has 1 saturated carbocycles. The van der Waals surface area contributed by atoms with Crippen molar-refractivity contribution in [3.8, 4) is 0 Å². The maximum atomic E-state index is 11.8. The Bertz CT molecular complexity index is 554. The number of primary sulfonamides is 1. The number of para-hydroxylation sites is 1. The molecule has 0 spiro atoms. The molecule has 0 aliphatic heterocycles. The smallest absolute Gasteiger partial charge is 0.240 e. The normalized spacial score (nSPS) is 16.9. The molecule has 0 atom stereocenters. The molecule has 1 fully saturated rings. The minimum atomic E-state index is -3.72. The van der Waals surface area contributed by atoms with Gasteiger partial charge in [-0.25, -0.2) is 13.6 Å². The highest BCUT2D eigenvalue weighted by molar-refractivity contribution is 7.89. The summed E-state index contributed by atoms with van der Waals surface area (Å²) in [5, 5.41) is 5.37. The summed E-state index contributed by atoms with van der Waals surface area (Å²) in [7, 11) is -3.72. The van der Waals surface area contributed by atoms with Crippen LogP contribution in [0.5, 0.6) is 0 Å². The number of nitrogens with two attached hydrogens (primary N) is 2. The summed E-state index contributed by atoms with van der Waals surface area (Å²) in [6.45, 7) is 1.37. The van der Waals surface area contributed by atoms with Crippen molar-refractivity contribution in [1.29, 1.82) is 0 Å². The van der Waals surface area contributed by atoms with Crippen LogP contribution < -0.4 is 15.8 Å². The minimum absolute atomic E-state index is 0.215. The molecule has 6 heteroatoms. The fourth-order valence-electron chi connectivity index (χ4n) is 3.09. The summed E-state index contributed by atoms with van der Waals surface area (Å²) < 4.78 is 23.7. The Morgan fingerprint density at radius 2 is 1.81 bits per heavy atom. The van der Waals surface area contributed by atoms with Crippen molar-refractivity contribution in [3.05, 3.63) is 24.3 Å². The number of sulfonamides is 1. The highest BCUT2D eigenvalue weighted by Crippen LogP contribution is 2.31. The quantitative estimate of drug-likeness (QED) is 0.838. The molecular formula is C15H25N3O2S. The largest absolute Gasteiger partial charge is 0.367 e. The first-order valence-corrected chi connectivity index (χ1v) is 9.17. The van der Waals surface area contributed by atoms with E-state index in [0.717, 1.165) is 31.5 Å². The highest BCUT2D eigenvalue weighted by Gasteiger charge is 2.25. The fraction of sp³-hybridized carbons (Fsp3) is 0.600. The standard InChI is InChI=1S/C15H25N3O2S/c16-11-6-12-18(13-7-2-1-3-8-13)14-9-4-5-10-15(14)21(17,19)20/h4-5,9-10,13H,1-3,6-8,11-12,16H2,(H2,17,19,20). The fourth-order valence-corrected chi connectivity index (χ4v) is 3.83. The highest BCUT2D eigenvalue weighted by atomic mass is 32.2. The molecule has 5 nitrogen and oxygen atoms in total. The van der Waals surface area contributed by atoms with E-state index in [1.54, 1.807) is 12.1 Å². The lowest BCUT2D eigenvalue weighted by molar-refractivity contribution is 0.411. The monoisotopic (exact) mass is 311 g/mol. The zero-order valence-corrected chi connectivity index (χ0v) is 13.2. The van der Waals surface area contributed by atoms with E-state index in [-0.39, 0.29) is 4.90 Å². The Morgan fingerprint density at radius 1 is 1.14 bits per heavy atom. The number of hydrogen-bond acceptors (Lipinski definition) is 4. The second-order valence-electron chi connectivity index (χ2n) is 5.64. The average Bonchev–Trinajstić information content (AvgIpc) is 2.48. The van der Waals surface area contributed by atoms with E-state index in [2.05, 4.69) is 4.90 Å². The van der Waals surface area contributed by atoms with Crippen LogP contribution in [0.1, 0.15) is 38.5 Å². The van der Waals surface area contributed by atoms with E-state index in [9.17, 15) is 8.42 Å². The van der Waals surface area contributed by atoms with Crippen LogP contribution in [0, 0.1) is 0 Å². The second-order valence-corrected chi connectivity index (χ2v) is 7.17. The number of benzene rings is 1. The molecule has 21 heavy (non-hydrogen) atoms. The van der Waals surface area contributed by atoms with E-state index in [4.69, 9.17) is 10.9 Å². The summed E-state index contributed by atoms with van der Waals surface area (Å²) in [5.41, 5.74) is 6.36. The molecule has 1 aliphatic rings. The molecule has 0 amide bonds. The Labute approximate surface area is 127 Å². The zero-order valence-electron chi connectivity index (χ0n) is 12.4. The summed E-state index contributed by atoms with van der Waals surface area (Å²) in [6.07, 6.45) is 6.70. The summed E-state index contributed by atoms with van der Waals surface area (Å²) >= 11 is 0. The molecular weight excluding hydrogens is 286 g/mol. The SMILES string of the molecule is NCCCN(c1ccccc1S(N)(=O)=O)C1CCCCC1. The van der Waals surface area contributed by atoms with Gasteiger partial charge in [-0.2, -0.15) is 0 Å². The molecule has 0 saturated heterocycles. The van der Waals surface area contributed by atoms with Crippen molar-refractivity contribution in [2.24, 2.45) is 10.9 Å². The molecule has 4 N–H and O–H groups in total. The van der Waals surface area contributed by atoms with Crippen molar-refractivity contribution < 1.29 is 8.42 Å². The molecule has 0 unspecified atom stereocenters. The number of nitrogens with zero attached hydrogens (tertiary/aromatic N) is 1. The van der Waals surface area contributed by atoms with Crippen molar-refractivity contribution >= 4 is 15.7 Å². The first kappa shape index (κ1) is 16.3. The van der Waals surface area contributed by atoms with Gasteiger partial charge in [0.2, 0.25) is 10.0 Å². The van der Waals surface area contributed by atoms with Gasteiger partial charge in [0.15, 0.2) is 0 Å². The minimum Gasteiger partial charge on any atom is -0.367 e. The van der Waals surface area contributed by atoms with Gasteiger partial charge in [0.1, 0.15) is 4.90 Å². The summed E-state index contributed by atoms with van der Waals surface area (Å²) in [6, 6.07) is 7.40. The van der Waals surface area contributed by atoms with E-state index in [1.807, 2.05) is 12.1 Å². The molecule has 2 rings (SSSR count). The third-order valence-electron chi connectivity index (χ3n) is 4.10. The first-order chi connectivity index (χ1) is 10.0. The molecule has 0 bridgehead atoms. The van der Waals surface area contributed by atoms with Crippen LogP contribution in [0.25, 0.3) is 0 Å². The van der Waals surface area contributed by atoms with Crippen LogP contribution in [0.4, 0.5) is 5.69 Å². The number of hydrogen-bond donors (Lipinski definition) is 2. The van der Waals surface area contributed by atoms with Crippen LogP contribution in [0.2, 0.25) is 0 Å². The third kappa shape index (κ3) is 4.18. The number of rotatable bonds is 6. The molecule has 118 valence electrons. The van der Waals surface area contributed by atoms with Gasteiger partial charge >= 0.3 is 0 Å². The van der Waals surface area contributed by atoms with Crippen molar-refractivity contribution in [3.63, 3.8) is 0 Å². The van der Waals surface area contributed by atoms with Crippen LogP contribution >= 0.6 is 0 Å². The zero-order chi connectivity index (χ0) is 15.3. The maximum Gasteiger partial charge on any atom is 0.240 e. The van der Waals surface area contributed by atoms with Gasteiger partial charge in [-0.1, -0.05) is 31.4 Å². The molecule has 1 aromatic rings. The molecule has 0 radical (unpaired) electrons. The third-order valence-corrected chi connectivity index (χ3v) is 5.06. The van der Waals surface area contributed by atoms with Gasteiger partial charge in [0, 0.05) is 12.6 Å². The Morgan fingerprint density at radius 3 is 2.43 bits per heavy atom. The Balaban J connectivity index is 2.36. The lowest BCUT2D eigenvalue weighted by atomic mass is 9.93. The van der Waals surface area contributed by atoms with Crippen LogP contribution in [0.3, 0.4) is 0 Å². The van der Waals surface area contributed by atoms with Gasteiger partial charge in [-0.05, 0) is 37.9 Å².